The van der Waals surface area contributed by atoms with Crippen molar-refractivity contribution in [3.8, 4) is 0 Å². The summed E-state index contributed by atoms with van der Waals surface area (Å²) in [5.74, 6) is 0. The van der Waals surface area contributed by atoms with Crippen LogP contribution in [0.5, 0.6) is 0 Å². The van der Waals surface area contributed by atoms with Gasteiger partial charge in [-0.05, 0) is 56.1 Å². The first kappa shape index (κ1) is 15.7. The number of sulfonamides is 1. The second kappa shape index (κ2) is 6.36. The van der Waals surface area contributed by atoms with E-state index in [4.69, 9.17) is 0 Å². The number of hydrogen-bond acceptors (Lipinski definition) is 3. The summed E-state index contributed by atoms with van der Waals surface area (Å²) in [6, 6.07) is 6.85. The summed E-state index contributed by atoms with van der Waals surface area (Å²) in [4.78, 5) is 1.18. The van der Waals surface area contributed by atoms with Crippen molar-refractivity contribution in [3.63, 3.8) is 0 Å². The summed E-state index contributed by atoms with van der Waals surface area (Å²) in [6.07, 6.45) is 0. The first-order chi connectivity index (χ1) is 8.88. The molecule has 0 saturated carbocycles. The number of halogens is 3. The zero-order chi connectivity index (χ0) is 14.0. The third kappa shape index (κ3) is 4.12. The fourth-order valence-corrected chi connectivity index (χ4v) is 5.62. The number of thiophene rings is 1. The van der Waals surface area contributed by atoms with E-state index in [1.54, 1.807) is 18.2 Å². The van der Waals surface area contributed by atoms with Gasteiger partial charge in [0.2, 0.25) is 10.0 Å². The fraction of sp³-hybridized carbons (Fsp3) is 0.0909. The van der Waals surface area contributed by atoms with E-state index in [9.17, 15) is 8.42 Å². The SMILES string of the molecule is O=S(=O)(NCc1cc(Br)cs1)c1ccc(Br)cc1Br. The van der Waals surface area contributed by atoms with E-state index in [0.29, 0.717) is 4.47 Å². The summed E-state index contributed by atoms with van der Waals surface area (Å²) in [5, 5.41) is 1.92. The minimum absolute atomic E-state index is 0.228. The van der Waals surface area contributed by atoms with E-state index in [0.717, 1.165) is 13.8 Å². The van der Waals surface area contributed by atoms with Gasteiger partial charge in [0.25, 0.3) is 0 Å². The second-order valence-electron chi connectivity index (χ2n) is 3.63. The molecule has 0 aliphatic carbocycles. The highest BCUT2D eigenvalue weighted by Crippen LogP contribution is 2.26. The molecule has 0 saturated heterocycles. The van der Waals surface area contributed by atoms with Crippen LogP contribution in [0.4, 0.5) is 0 Å². The normalized spacial score (nSPS) is 11.7. The molecule has 1 N–H and O–H groups in total. The molecule has 1 aromatic heterocycles. The van der Waals surface area contributed by atoms with Gasteiger partial charge in [0.1, 0.15) is 0 Å². The Labute approximate surface area is 140 Å². The molecule has 1 aromatic carbocycles. The molecular formula is C11H8Br3NO2S2. The van der Waals surface area contributed by atoms with Gasteiger partial charge in [-0.1, -0.05) is 15.9 Å². The van der Waals surface area contributed by atoms with Gasteiger partial charge in [0.15, 0.2) is 0 Å². The maximum absolute atomic E-state index is 12.2. The Kier molecular flexibility index (Phi) is 5.24. The van der Waals surface area contributed by atoms with Gasteiger partial charge in [-0.25, -0.2) is 13.1 Å². The Morgan fingerprint density at radius 1 is 1.11 bits per heavy atom. The Bertz CT molecular complexity index is 698. The molecule has 0 radical (unpaired) electrons. The molecule has 19 heavy (non-hydrogen) atoms. The average molecular weight is 490 g/mol. The van der Waals surface area contributed by atoms with Crippen LogP contribution in [0.1, 0.15) is 4.88 Å². The molecule has 0 unspecified atom stereocenters. The molecule has 0 spiro atoms. The zero-order valence-electron chi connectivity index (χ0n) is 9.36. The number of nitrogens with one attached hydrogen (secondary N) is 1. The highest BCUT2D eigenvalue weighted by atomic mass is 79.9. The fourth-order valence-electron chi connectivity index (χ4n) is 1.38. The molecule has 2 rings (SSSR count). The Morgan fingerprint density at radius 2 is 1.84 bits per heavy atom. The number of rotatable bonds is 4. The molecule has 8 heteroatoms. The van der Waals surface area contributed by atoms with Gasteiger partial charge in [-0.2, -0.15) is 0 Å². The highest BCUT2D eigenvalue weighted by Gasteiger charge is 2.17. The van der Waals surface area contributed by atoms with Crippen molar-refractivity contribution < 1.29 is 8.42 Å². The van der Waals surface area contributed by atoms with Crippen LogP contribution in [0, 0.1) is 0 Å². The average Bonchev–Trinajstić information content (AvgIpc) is 2.72. The van der Waals surface area contributed by atoms with Gasteiger partial charge in [0.05, 0.1) is 4.90 Å². The zero-order valence-corrected chi connectivity index (χ0v) is 15.8. The Hall–Kier alpha value is 0.270. The van der Waals surface area contributed by atoms with E-state index < -0.39 is 10.0 Å². The predicted octanol–water partition coefficient (Wildman–Crippen LogP) is 4.51. The van der Waals surface area contributed by atoms with E-state index in [1.807, 2.05) is 11.4 Å². The van der Waals surface area contributed by atoms with Crippen LogP contribution in [0.3, 0.4) is 0 Å². The molecule has 0 fully saturated rings. The van der Waals surface area contributed by atoms with E-state index >= 15 is 0 Å². The minimum Gasteiger partial charge on any atom is -0.207 e. The monoisotopic (exact) mass is 487 g/mol. The van der Waals surface area contributed by atoms with Crippen LogP contribution in [-0.2, 0) is 16.6 Å². The summed E-state index contributed by atoms with van der Waals surface area (Å²) in [5.41, 5.74) is 0. The van der Waals surface area contributed by atoms with Gasteiger partial charge >= 0.3 is 0 Å². The van der Waals surface area contributed by atoms with Crippen molar-refractivity contribution in [2.24, 2.45) is 0 Å². The Morgan fingerprint density at radius 3 is 2.42 bits per heavy atom. The van der Waals surface area contributed by atoms with Crippen LogP contribution >= 0.6 is 59.1 Å². The summed E-state index contributed by atoms with van der Waals surface area (Å²) in [6.45, 7) is 0.279. The molecular weight excluding hydrogens is 482 g/mol. The van der Waals surface area contributed by atoms with Crippen LogP contribution in [0.15, 0.2) is 48.0 Å². The molecule has 0 atom stereocenters. The second-order valence-corrected chi connectivity index (χ2v) is 9.05. The molecule has 0 bridgehead atoms. The molecule has 2 aromatic rings. The molecule has 0 aliphatic heterocycles. The molecule has 102 valence electrons. The molecule has 3 nitrogen and oxygen atoms in total. The van der Waals surface area contributed by atoms with Gasteiger partial charge in [0, 0.05) is 30.2 Å². The van der Waals surface area contributed by atoms with Crippen molar-refractivity contribution >= 4 is 69.1 Å². The van der Waals surface area contributed by atoms with Crippen LogP contribution in [0.2, 0.25) is 0 Å². The summed E-state index contributed by atoms with van der Waals surface area (Å²) in [7, 11) is -3.52. The topological polar surface area (TPSA) is 46.2 Å². The van der Waals surface area contributed by atoms with Gasteiger partial charge < -0.3 is 0 Å². The van der Waals surface area contributed by atoms with E-state index in [-0.39, 0.29) is 11.4 Å². The first-order valence-corrected chi connectivity index (χ1v) is 9.80. The quantitative estimate of drug-likeness (QED) is 0.686. The summed E-state index contributed by atoms with van der Waals surface area (Å²) >= 11 is 11.4. The van der Waals surface area contributed by atoms with Crippen LogP contribution < -0.4 is 4.72 Å². The predicted molar refractivity (Wildman–Crippen MR) is 87.9 cm³/mol. The largest absolute Gasteiger partial charge is 0.242 e. The number of benzene rings is 1. The standard InChI is InChI=1S/C11H8Br3NO2S2/c12-7-1-2-11(10(14)4-7)19(16,17)15-5-9-3-8(13)6-18-9/h1-4,6,15H,5H2. The lowest BCUT2D eigenvalue weighted by atomic mass is 10.4. The van der Waals surface area contributed by atoms with Crippen molar-refractivity contribution in [1.29, 1.82) is 0 Å². The molecule has 0 amide bonds. The van der Waals surface area contributed by atoms with Crippen molar-refractivity contribution in [2.75, 3.05) is 0 Å². The first-order valence-electron chi connectivity index (χ1n) is 5.06. The van der Waals surface area contributed by atoms with E-state index in [1.165, 1.54) is 11.3 Å². The van der Waals surface area contributed by atoms with Crippen molar-refractivity contribution in [1.82, 2.24) is 4.72 Å². The third-order valence-electron chi connectivity index (χ3n) is 2.24. The smallest absolute Gasteiger partial charge is 0.207 e. The van der Waals surface area contributed by atoms with Gasteiger partial charge in [-0.3, -0.25) is 0 Å². The third-order valence-corrected chi connectivity index (χ3v) is 6.81. The molecule has 0 aliphatic rings. The highest BCUT2D eigenvalue weighted by molar-refractivity contribution is 9.11. The van der Waals surface area contributed by atoms with Crippen molar-refractivity contribution in [3.05, 3.63) is 47.9 Å². The lowest BCUT2D eigenvalue weighted by Gasteiger charge is -2.08. The van der Waals surface area contributed by atoms with E-state index in [2.05, 4.69) is 52.5 Å². The maximum Gasteiger partial charge on any atom is 0.242 e. The molecule has 1 heterocycles. The lowest BCUT2D eigenvalue weighted by molar-refractivity contribution is 0.581. The minimum atomic E-state index is -3.52. The maximum atomic E-state index is 12.2. The van der Waals surface area contributed by atoms with Gasteiger partial charge in [-0.15, -0.1) is 11.3 Å². The van der Waals surface area contributed by atoms with Crippen LogP contribution in [-0.4, -0.2) is 8.42 Å². The Balaban J connectivity index is 2.18. The van der Waals surface area contributed by atoms with Crippen LogP contribution in [0.25, 0.3) is 0 Å². The number of hydrogen-bond donors (Lipinski definition) is 1. The lowest BCUT2D eigenvalue weighted by Crippen LogP contribution is -2.23. The summed E-state index contributed by atoms with van der Waals surface area (Å²) < 4.78 is 29.2. The van der Waals surface area contributed by atoms with Crippen molar-refractivity contribution in [2.45, 2.75) is 11.4 Å².